The summed E-state index contributed by atoms with van der Waals surface area (Å²) in [5, 5.41) is 5.02. The Morgan fingerprint density at radius 2 is 2.32 bits per heavy atom. The molecule has 1 saturated heterocycles. The van der Waals surface area contributed by atoms with Gasteiger partial charge in [-0.1, -0.05) is 30.0 Å². The molecule has 0 radical (unpaired) electrons. The van der Waals surface area contributed by atoms with Gasteiger partial charge in [-0.2, -0.15) is 0 Å². The summed E-state index contributed by atoms with van der Waals surface area (Å²) in [6.07, 6.45) is 2.42. The summed E-state index contributed by atoms with van der Waals surface area (Å²) in [7, 11) is 0. The second kappa shape index (κ2) is 7.26. The summed E-state index contributed by atoms with van der Waals surface area (Å²) in [6, 6.07) is 4.12. The molecule has 2 heterocycles. The summed E-state index contributed by atoms with van der Waals surface area (Å²) in [6.45, 7) is 4.09. The topological polar surface area (TPSA) is 32.3 Å². The highest BCUT2D eigenvalue weighted by molar-refractivity contribution is 8.23. The highest BCUT2D eigenvalue weighted by Gasteiger charge is 2.17. The molecule has 1 N–H and O–H groups in total. The van der Waals surface area contributed by atoms with Gasteiger partial charge in [-0.25, -0.2) is 0 Å². The van der Waals surface area contributed by atoms with Gasteiger partial charge in [0.15, 0.2) is 0 Å². The second-order valence-electron chi connectivity index (χ2n) is 4.55. The molecule has 0 bridgehead atoms. The number of nitrogens with zero attached hydrogens (tertiary/aromatic N) is 1. The molecule has 3 nitrogen and oxygen atoms in total. The van der Waals surface area contributed by atoms with E-state index in [0.29, 0.717) is 5.75 Å². The Labute approximate surface area is 127 Å². The lowest BCUT2D eigenvalue weighted by molar-refractivity contribution is -0.119. The van der Waals surface area contributed by atoms with Crippen molar-refractivity contribution in [3.8, 4) is 0 Å². The van der Waals surface area contributed by atoms with Crippen LogP contribution >= 0.6 is 35.3 Å². The number of thiocarbonyl (C=S) groups is 1. The average molecular weight is 315 g/mol. The first-order valence-electron chi connectivity index (χ1n) is 6.41. The van der Waals surface area contributed by atoms with Gasteiger partial charge in [0, 0.05) is 18.0 Å². The molecular weight excluding hydrogens is 296 g/mol. The van der Waals surface area contributed by atoms with Crippen LogP contribution in [0.2, 0.25) is 0 Å². The predicted molar refractivity (Wildman–Crippen MR) is 86.7 cm³/mol. The van der Waals surface area contributed by atoms with Crippen molar-refractivity contribution in [2.75, 3.05) is 18.8 Å². The van der Waals surface area contributed by atoms with Crippen LogP contribution in [0.15, 0.2) is 17.5 Å². The first-order chi connectivity index (χ1) is 9.16. The van der Waals surface area contributed by atoms with E-state index in [2.05, 4.69) is 10.2 Å². The molecule has 6 heteroatoms. The average Bonchev–Trinajstić information content (AvgIpc) is 3.07. The van der Waals surface area contributed by atoms with Crippen LogP contribution in [-0.2, 0) is 4.79 Å². The summed E-state index contributed by atoms with van der Waals surface area (Å²) in [5.74, 6) is 0.456. The van der Waals surface area contributed by atoms with Gasteiger partial charge in [0.2, 0.25) is 5.91 Å². The van der Waals surface area contributed by atoms with E-state index in [1.165, 1.54) is 29.5 Å². The number of nitrogens with one attached hydrogen (secondary N) is 1. The molecule has 1 atom stereocenters. The van der Waals surface area contributed by atoms with E-state index in [-0.39, 0.29) is 11.9 Å². The second-order valence-corrected chi connectivity index (χ2v) is 7.14. The van der Waals surface area contributed by atoms with Gasteiger partial charge in [-0.15, -0.1) is 11.3 Å². The van der Waals surface area contributed by atoms with Crippen molar-refractivity contribution in [1.29, 1.82) is 0 Å². The minimum atomic E-state index is 0.0486. The Balaban J connectivity index is 1.71. The van der Waals surface area contributed by atoms with Crippen LogP contribution in [0.3, 0.4) is 0 Å². The first kappa shape index (κ1) is 14.8. The zero-order chi connectivity index (χ0) is 13.7. The van der Waals surface area contributed by atoms with Crippen molar-refractivity contribution in [3.63, 3.8) is 0 Å². The van der Waals surface area contributed by atoms with E-state index in [1.807, 2.05) is 24.4 Å². The number of hydrogen-bond donors (Lipinski definition) is 1. The van der Waals surface area contributed by atoms with Gasteiger partial charge < -0.3 is 10.2 Å². The van der Waals surface area contributed by atoms with E-state index in [4.69, 9.17) is 12.2 Å². The van der Waals surface area contributed by atoms with Crippen LogP contribution in [0.25, 0.3) is 0 Å². The predicted octanol–water partition coefficient (Wildman–Crippen LogP) is 3.04. The van der Waals surface area contributed by atoms with E-state index in [9.17, 15) is 4.79 Å². The fraction of sp³-hybridized carbons (Fsp3) is 0.538. The van der Waals surface area contributed by atoms with Crippen molar-refractivity contribution in [2.24, 2.45) is 0 Å². The molecule has 19 heavy (non-hydrogen) atoms. The Morgan fingerprint density at radius 1 is 1.58 bits per heavy atom. The van der Waals surface area contributed by atoms with Crippen molar-refractivity contribution < 1.29 is 4.79 Å². The summed E-state index contributed by atoms with van der Waals surface area (Å²) in [5.41, 5.74) is 0. The molecule has 1 fully saturated rings. The molecule has 0 spiro atoms. The van der Waals surface area contributed by atoms with Gasteiger partial charge in [0.1, 0.15) is 4.32 Å². The lowest BCUT2D eigenvalue weighted by Crippen LogP contribution is -2.30. The number of hydrogen-bond acceptors (Lipinski definition) is 4. The van der Waals surface area contributed by atoms with Crippen LogP contribution in [0, 0.1) is 0 Å². The minimum absolute atomic E-state index is 0.0486. The Hall–Kier alpha value is -0.590. The molecule has 1 aliphatic rings. The lowest BCUT2D eigenvalue weighted by atomic mass is 10.3. The maximum Gasteiger partial charge on any atom is 0.230 e. The third kappa shape index (κ3) is 4.47. The highest BCUT2D eigenvalue weighted by atomic mass is 32.2. The largest absolute Gasteiger partial charge is 0.358 e. The van der Waals surface area contributed by atoms with Crippen LogP contribution in [-0.4, -0.2) is 34.0 Å². The van der Waals surface area contributed by atoms with Crippen LogP contribution in [0.4, 0.5) is 0 Å². The third-order valence-corrected chi connectivity index (χ3v) is 5.62. The molecule has 0 saturated carbocycles. The SMILES string of the molecule is C[C@@H](NC(=O)CSC(=S)N1CCCC1)c1cccs1. The monoisotopic (exact) mass is 314 g/mol. The van der Waals surface area contributed by atoms with Gasteiger partial charge in [-0.3, -0.25) is 4.79 Å². The summed E-state index contributed by atoms with van der Waals surface area (Å²) >= 11 is 8.47. The molecule has 0 aromatic carbocycles. The normalized spacial score (nSPS) is 16.4. The van der Waals surface area contributed by atoms with Crippen LogP contribution in [0.5, 0.6) is 0 Å². The van der Waals surface area contributed by atoms with Gasteiger partial charge in [0.25, 0.3) is 0 Å². The van der Waals surface area contributed by atoms with Crippen molar-refractivity contribution in [1.82, 2.24) is 10.2 Å². The Morgan fingerprint density at radius 3 is 2.95 bits per heavy atom. The van der Waals surface area contributed by atoms with Crippen molar-refractivity contribution in [2.45, 2.75) is 25.8 Å². The quantitative estimate of drug-likeness (QED) is 0.866. The smallest absolute Gasteiger partial charge is 0.230 e. The number of rotatable bonds is 4. The van der Waals surface area contributed by atoms with E-state index in [0.717, 1.165) is 17.4 Å². The van der Waals surface area contributed by atoms with E-state index < -0.39 is 0 Å². The summed E-state index contributed by atoms with van der Waals surface area (Å²) in [4.78, 5) is 15.2. The number of carbonyl (C=O) groups excluding carboxylic acids is 1. The zero-order valence-corrected chi connectivity index (χ0v) is 13.4. The molecule has 1 aromatic heterocycles. The first-order valence-corrected chi connectivity index (χ1v) is 8.68. The molecule has 104 valence electrons. The minimum Gasteiger partial charge on any atom is -0.358 e. The maximum absolute atomic E-state index is 11.9. The Bertz CT molecular complexity index is 427. The van der Waals surface area contributed by atoms with Crippen LogP contribution in [0.1, 0.15) is 30.7 Å². The summed E-state index contributed by atoms with van der Waals surface area (Å²) < 4.78 is 0.858. The molecule has 2 rings (SSSR count). The van der Waals surface area contributed by atoms with Crippen LogP contribution < -0.4 is 5.32 Å². The molecule has 0 aliphatic carbocycles. The lowest BCUT2D eigenvalue weighted by Gasteiger charge is -2.18. The van der Waals surface area contributed by atoms with Gasteiger partial charge in [0.05, 0.1) is 11.8 Å². The Kier molecular flexibility index (Phi) is 5.66. The van der Waals surface area contributed by atoms with Gasteiger partial charge >= 0.3 is 0 Å². The number of thioether (sulfide) groups is 1. The molecule has 1 amide bonds. The number of carbonyl (C=O) groups is 1. The fourth-order valence-corrected chi connectivity index (χ4v) is 3.81. The number of thiophene rings is 1. The van der Waals surface area contributed by atoms with E-state index >= 15 is 0 Å². The fourth-order valence-electron chi connectivity index (χ4n) is 2.01. The molecule has 1 aromatic rings. The third-order valence-electron chi connectivity index (χ3n) is 3.04. The number of likely N-dealkylation sites (tertiary alicyclic amines) is 1. The number of amides is 1. The highest BCUT2D eigenvalue weighted by Crippen LogP contribution is 2.19. The maximum atomic E-state index is 11.9. The standard InChI is InChI=1S/C13H18N2OS3/c1-10(11-5-4-8-18-11)14-12(16)9-19-13(17)15-6-2-3-7-15/h4-5,8,10H,2-3,6-7,9H2,1H3,(H,14,16)/t10-/m1/s1. The van der Waals surface area contributed by atoms with E-state index in [1.54, 1.807) is 11.3 Å². The van der Waals surface area contributed by atoms with Crippen molar-refractivity contribution >= 4 is 45.5 Å². The van der Waals surface area contributed by atoms with Gasteiger partial charge in [-0.05, 0) is 31.2 Å². The molecule has 0 unspecified atom stereocenters. The molecular formula is C13H18N2OS3. The van der Waals surface area contributed by atoms with Crippen molar-refractivity contribution in [3.05, 3.63) is 22.4 Å². The molecule has 1 aliphatic heterocycles. The zero-order valence-electron chi connectivity index (χ0n) is 10.9.